The lowest BCUT2D eigenvalue weighted by Gasteiger charge is -2.04. The van der Waals surface area contributed by atoms with Gasteiger partial charge in [-0.25, -0.2) is 9.97 Å². The monoisotopic (exact) mass is 377 g/mol. The van der Waals surface area contributed by atoms with Crippen LogP contribution >= 0.6 is 31.9 Å². The maximum atomic E-state index is 4.49. The fraction of sp³-hybridized carbons (Fsp3) is 0.0714. The van der Waals surface area contributed by atoms with Crippen LogP contribution in [-0.2, 0) is 0 Å². The average Bonchev–Trinajstić information content (AvgIpc) is 2.37. The predicted octanol–water partition coefficient (Wildman–Crippen LogP) is 4.53. The van der Waals surface area contributed by atoms with Crippen molar-refractivity contribution in [2.24, 2.45) is 0 Å². The summed E-state index contributed by atoms with van der Waals surface area (Å²) in [5, 5.41) is 1.09. The molecule has 0 saturated heterocycles. The highest BCUT2D eigenvalue weighted by molar-refractivity contribution is 9.11. The fourth-order valence-electron chi connectivity index (χ4n) is 1.89. The van der Waals surface area contributed by atoms with E-state index < -0.39 is 0 Å². The van der Waals surface area contributed by atoms with Crippen LogP contribution in [0.2, 0.25) is 0 Å². The van der Waals surface area contributed by atoms with Crippen LogP contribution < -0.4 is 0 Å². The molecule has 0 aliphatic carbocycles. The summed E-state index contributed by atoms with van der Waals surface area (Å²) >= 11 is 6.75. The molecule has 3 nitrogen and oxygen atoms in total. The molecule has 0 aliphatic rings. The first-order chi connectivity index (χ1) is 9.11. The number of pyridine rings is 1. The summed E-state index contributed by atoms with van der Waals surface area (Å²) in [7, 11) is 0. The minimum atomic E-state index is 0.684. The quantitative estimate of drug-likeness (QED) is 0.584. The van der Waals surface area contributed by atoms with E-state index in [1.165, 1.54) is 0 Å². The highest BCUT2D eigenvalue weighted by atomic mass is 79.9. The van der Waals surface area contributed by atoms with Gasteiger partial charge in [-0.05, 0) is 63.0 Å². The molecule has 0 saturated carbocycles. The van der Waals surface area contributed by atoms with E-state index in [0.717, 1.165) is 31.4 Å². The number of rotatable bonds is 1. The van der Waals surface area contributed by atoms with Crippen LogP contribution in [0.4, 0.5) is 0 Å². The van der Waals surface area contributed by atoms with E-state index in [1.54, 1.807) is 0 Å². The van der Waals surface area contributed by atoms with Gasteiger partial charge in [0.25, 0.3) is 0 Å². The van der Waals surface area contributed by atoms with Crippen molar-refractivity contribution in [1.29, 1.82) is 0 Å². The summed E-state index contributed by atoms with van der Waals surface area (Å²) in [6.45, 7) is 1.99. The van der Waals surface area contributed by atoms with Gasteiger partial charge in [0.05, 0.1) is 5.52 Å². The van der Waals surface area contributed by atoms with Crippen LogP contribution in [0, 0.1) is 6.92 Å². The van der Waals surface area contributed by atoms with E-state index in [2.05, 4.69) is 58.9 Å². The maximum Gasteiger partial charge on any atom is 0.161 e. The summed E-state index contributed by atoms with van der Waals surface area (Å²) < 4.78 is 1.51. The van der Waals surface area contributed by atoms with Gasteiger partial charge in [0.1, 0.15) is 9.21 Å². The standard InChI is InChI=1S/C14H9Br2N3/c1-8-2-3-9-6-10(4-5-11(9)17-8)14-18-12(15)7-13(16)19-14/h2-7H,1H3. The normalized spacial score (nSPS) is 10.9. The molecule has 2 heterocycles. The summed E-state index contributed by atoms with van der Waals surface area (Å²) in [5.74, 6) is 0.684. The van der Waals surface area contributed by atoms with Crippen LogP contribution in [0.25, 0.3) is 22.3 Å². The third-order valence-corrected chi connectivity index (χ3v) is 3.56. The molecule has 0 fully saturated rings. The lowest BCUT2D eigenvalue weighted by atomic mass is 10.1. The lowest BCUT2D eigenvalue weighted by Crippen LogP contribution is -1.91. The van der Waals surface area contributed by atoms with Crippen LogP contribution in [-0.4, -0.2) is 15.0 Å². The first-order valence-electron chi connectivity index (χ1n) is 5.70. The van der Waals surface area contributed by atoms with Gasteiger partial charge in [-0.3, -0.25) is 4.98 Å². The first-order valence-corrected chi connectivity index (χ1v) is 7.28. The van der Waals surface area contributed by atoms with Crippen molar-refractivity contribution < 1.29 is 0 Å². The molecule has 1 aromatic carbocycles. The molecule has 5 heteroatoms. The number of halogens is 2. The largest absolute Gasteiger partial charge is 0.253 e. The summed E-state index contributed by atoms with van der Waals surface area (Å²) in [6, 6.07) is 11.9. The molecule has 0 bridgehead atoms. The topological polar surface area (TPSA) is 38.7 Å². The number of hydrogen-bond acceptors (Lipinski definition) is 3. The minimum absolute atomic E-state index is 0.684. The Morgan fingerprint density at radius 2 is 1.58 bits per heavy atom. The molecule has 19 heavy (non-hydrogen) atoms. The molecule has 0 spiro atoms. The van der Waals surface area contributed by atoms with E-state index in [0.29, 0.717) is 5.82 Å². The Balaban J connectivity index is 2.17. The third-order valence-electron chi connectivity index (χ3n) is 2.75. The Kier molecular flexibility index (Phi) is 3.33. The van der Waals surface area contributed by atoms with Gasteiger partial charge in [-0.2, -0.15) is 0 Å². The number of nitrogens with zero attached hydrogens (tertiary/aromatic N) is 3. The second-order valence-corrected chi connectivity index (χ2v) is 5.82. The second-order valence-electron chi connectivity index (χ2n) is 4.20. The Bertz CT molecular complexity index is 751. The van der Waals surface area contributed by atoms with Crippen molar-refractivity contribution in [3.05, 3.63) is 51.3 Å². The van der Waals surface area contributed by atoms with Crippen molar-refractivity contribution >= 4 is 42.8 Å². The number of fused-ring (bicyclic) bond motifs is 1. The van der Waals surface area contributed by atoms with Gasteiger partial charge < -0.3 is 0 Å². The van der Waals surface area contributed by atoms with Crippen molar-refractivity contribution in [1.82, 2.24) is 15.0 Å². The summed E-state index contributed by atoms with van der Waals surface area (Å²) in [4.78, 5) is 13.3. The molecule has 0 amide bonds. The Morgan fingerprint density at radius 1 is 0.842 bits per heavy atom. The third kappa shape index (κ3) is 2.67. The van der Waals surface area contributed by atoms with E-state index in [1.807, 2.05) is 31.2 Å². The Labute approximate surface area is 127 Å². The molecular formula is C14H9Br2N3. The van der Waals surface area contributed by atoms with Gasteiger partial charge in [0, 0.05) is 22.7 Å². The van der Waals surface area contributed by atoms with Crippen molar-refractivity contribution in [2.75, 3.05) is 0 Å². The SMILES string of the molecule is Cc1ccc2cc(-c3nc(Br)cc(Br)n3)ccc2n1. The zero-order chi connectivity index (χ0) is 13.4. The zero-order valence-electron chi connectivity index (χ0n) is 10.1. The predicted molar refractivity (Wildman–Crippen MR) is 82.9 cm³/mol. The van der Waals surface area contributed by atoms with Crippen LogP contribution in [0.5, 0.6) is 0 Å². The zero-order valence-corrected chi connectivity index (χ0v) is 13.2. The van der Waals surface area contributed by atoms with E-state index in [-0.39, 0.29) is 0 Å². The van der Waals surface area contributed by atoms with Gasteiger partial charge in [-0.1, -0.05) is 6.07 Å². The number of benzene rings is 1. The minimum Gasteiger partial charge on any atom is -0.253 e. The molecule has 0 N–H and O–H groups in total. The highest BCUT2D eigenvalue weighted by Gasteiger charge is 2.06. The van der Waals surface area contributed by atoms with Gasteiger partial charge in [-0.15, -0.1) is 0 Å². The Hall–Kier alpha value is -1.33. The molecular weight excluding hydrogens is 370 g/mol. The second kappa shape index (κ2) is 4.98. The van der Waals surface area contributed by atoms with E-state index >= 15 is 0 Å². The highest BCUT2D eigenvalue weighted by Crippen LogP contribution is 2.24. The smallest absolute Gasteiger partial charge is 0.161 e. The number of aromatic nitrogens is 3. The number of aryl methyl sites for hydroxylation is 1. The maximum absolute atomic E-state index is 4.49. The van der Waals surface area contributed by atoms with Gasteiger partial charge in [0.15, 0.2) is 5.82 Å². The first kappa shape index (κ1) is 12.7. The molecule has 0 aliphatic heterocycles. The molecule has 2 aromatic heterocycles. The molecule has 0 unspecified atom stereocenters. The summed E-state index contributed by atoms with van der Waals surface area (Å²) in [6.07, 6.45) is 0. The Morgan fingerprint density at radius 3 is 2.32 bits per heavy atom. The van der Waals surface area contributed by atoms with Gasteiger partial charge >= 0.3 is 0 Å². The van der Waals surface area contributed by atoms with Crippen molar-refractivity contribution in [3.8, 4) is 11.4 Å². The van der Waals surface area contributed by atoms with Crippen LogP contribution in [0.1, 0.15) is 5.69 Å². The molecule has 3 aromatic rings. The number of hydrogen-bond donors (Lipinski definition) is 0. The van der Waals surface area contributed by atoms with Crippen molar-refractivity contribution in [3.63, 3.8) is 0 Å². The average molecular weight is 379 g/mol. The van der Waals surface area contributed by atoms with E-state index in [9.17, 15) is 0 Å². The lowest BCUT2D eigenvalue weighted by molar-refractivity contribution is 1.12. The molecule has 0 atom stereocenters. The van der Waals surface area contributed by atoms with Crippen LogP contribution in [0.15, 0.2) is 45.6 Å². The molecule has 3 rings (SSSR count). The van der Waals surface area contributed by atoms with Crippen molar-refractivity contribution in [2.45, 2.75) is 6.92 Å². The summed E-state index contributed by atoms with van der Waals surface area (Å²) in [5.41, 5.74) is 2.97. The fourth-order valence-corrected chi connectivity index (χ4v) is 2.96. The molecule has 0 radical (unpaired) electrons. The van der Waals surface area contributed by atoms with E-state index in [4.69, 9.17) is 0 Å². The van der Waals surface area contributed by atoms with Crippen LogP contribution in [0.3, 0.4) is 0 Å². The molecule has 94 valence electrons. The van der Waals surface area contributed by atoms with Gasteiger partial charge in [0.2, 0.25) is 0 Å².